The highest BCUT2D eigenvalue weighted by Gasteiger charge is 2.22. The Morgan fingerprint density at radius 1 is 1.55 bits per heavy atom. The van der Waals surface area contributed by atoms with E-state index in [0.717, 1.165) is 39.0 Å². The summed E-state index contributed by atoms with van der Waals surface area (Å²) in [5, 5.41) is 8.06. The number of urea groups is 1. The molecule has 0 radical (unpaired) electrons. The Labute approximate surface area is 136 Å². The fourth-order valence-electron chi connectivity index (χ4n) is 3.09. The molecule has 0 aromatic carbocycles. The van der Waals surface area contributed by atoms with Crippen molar-refractivity contribution < 1.29 is 9.53 Å². The van der Waals surface area contributed by atoms with Crippen LogP contribution in [0.4, 0.5) is 4.79 Å². The van der Waals surface area contributed by atoms with Crippen LogP contribution in [-0.2, 0) is 17.7 Å². The first-order valence-electron chi connectivity index (χ1n) is 8.15. The Hall–Kier alpha value is -1.11. The molecule has 0 spiro atoms. The van der Waals surface area contributed by atoms with Crippen molar-refractivity contribution in [1.82, 2.24) is 15.5 Å². The van der Waals surface area contributed by atoms with Gasteiger partial charge in [-0.1, -0.05) is 0 Å². The second-order valence-corrected chi connectivity index (χ2v) is 7.17. The van der Waals surface area contributed by atoms with Gasteiger partial charge in [0.05, 0.1) is 6.10 Å². The third kappa shape index (κ3) is 4.00. The van der Waals surface area contributed by atoms with Gasteiger partial charge in [-0.3, -0.25) is 4.90 Å². The number of nitrogens with one attached hydrogen (secondary N) is 2. The van der Waals surface area contributed by atoms with Crippen LogP contribution in [-0.4, -0.2) is 49.3 Å². The van der Waals surface area contributed by atoms with Crippen molar-refractivity contribution in [2.24, 2.45) is 0 Å². The fourth-order valence-corrected chi connectivity index (χ4v) is 3.98. The lowest BCUT2D eigenvalue weighted by Gasteiger charge is -2.32. The highest BCUT2D eigenvalue weighted by atomic mass is 32.1. The number of amides is 2. The molecule has 0 unspecified atom stereocenters. The smallest absolute Gasteiger partial charge is 0.314 e. The number of hydrogen-bond acceptors (Lipinski definition) is 4. The number of thiophene rings is 1. The van der Waals surface area contributed by atoms with Crippen LogP contribution in [0.2, 0.25) is 0 Å². The molecule has 6 heteroatoms. The van der Waals surface area contributed by atoms with Crippen LogP contribution in [0.15, 0.2) is 11.4 Å². The van der Waals surface area contributed by atoms with E-state index in [4.69, 9.17) is 4.74 Å². The first-order valence-corrected chi connectivity index (χ1v) is 9.03. The van der Waals surface area contributed by atoms with Crippen molar-refractivity contribution >= 4 is 17.4 Å². The Kier molecular flexibility index (Phi) is 5.33. The maximum atomic E-state index is 11.8. The summed E-state index contributed by atoms with van der Waals surface area (Å²) in [5.74, 6) is 0. The summed E-state index contributed by atoms with van der Waals surface area (Å²) in [5.41, 5.74) is 1.45. The SMILES string of the molecule is C[C@@H](CNC(=O)NC[C@H]1CCCO1)N1CCc2sccc2C1. The zero-order valence-electron chi connectivity index (χ0n) is 13.1. The van der Waals surface area contributed by atoms with Gasteiger partial charge in [-0.05, 0) is 43.2 Å². The third-order valence-corrected chi connectivity index (χ3v) is 5.56. The summed E-state index contributed by atoms with van der Waals surface area (Å²) in [6.07, 6.45) is 3.47. The molecular formula is C16H25N3O2S. The highest BCUT2D eigenvalue weighted by Crippen LogP contribution is 2.24. The van der Waals surface area contributed by atoms with Gasteiger partial charge in [0.2, 0.25) is 0 Å². The molecule has 5 nitrogen and oxygen atoms in total. The number of ether oxygens (including phenoxy) is 1. The molecule has 1 fully saturated rings. The van der Waals surface area contributed by atoms with Crippen LogP contribution in [0, 0.1) is 0 Å². The van der Waals surface area contributed by atoms with E-state index in [-0.39, 0.29) is 12.1 Å². The Bertz CT molecular complexity index is 499. The molecule has 1 saturated heterocycles. The molecule has 2 atom stereocenters. The minimum Gasteiger partial charge on any atom is -0.376 e. The lowest BCUT2D eigenvalue weighted by molar-refractivity contribution is 0.111. The fraction of sp³-hybridized carbons (Fsp3) is 0.688. The Morgan fingerprint density at radius 2 is 2.45 bits per heavy atom. The molecule has 1 aromatic heterocycles. The average molecular weight is 323 g/mol. The predicted octanol–water partition coefficient (Wildman–Crippen LogP) is 1.97. The lowest BCUT2D eigenvalue weighted by Crippen LogP contribution is -2.47. The van der Waals surface area contributed by atoms with Crippen LogP contribution in [0.5, 0.6) is 0 Å². The second-order valence-electron chi connectivity index (χ2n) is 6.16. The topological polar surface area (TPSA) is 53.6 Å². The summed E-state index contributed by atoms with van der Waals surface area (Å²) in [4.78, 5) is 15.8. The van der Waals surface area contributed by atoms with Crippen LogP contribution in [0.25, 0.3) is 0 Å². The second kappa shape index (κ2) is 7.44. The Balaban J connectivity index is 1.37. The van der Waals surface area contributed by atoms with Crippen LogP contribution in [0.1, 0.15) is 30.2 Å². The monoisotopic (exact) mass is 323 g/mol. The average Bonchev–Trinajstić information content (AvgIpc) is 3.20. The van der Waals surface area contributed by atoms with Gasteiger partial charge in [0.15, 0.2) is 0 Å². The molecule has 2 aliphatic heterocycles. The normalized spacial score (nSPS) is 23.0. The third-order valence-electron chi connectivity index (χ3n) is 4.53. The molecule has 0 aliphatic carbocycles. The number of fused-ring (bicyclic) bond motifs is 1. The van der Waals surface area contributed by atoms with E-state index in [1.165, 1.54) is 10.4 Å². The van der Waals surface area contributed by atoms with E-state index < -0.39 is 0 Å². The maximum Gasteiger partial charge on any atom is 0.314 e. The van der Waals surface area contributed by atoms with Gasteiger partial charge >= 0.3 is 6.03 Å². The van der Waals surface area contributed by atoms with Gasteiger partial charge < -0.3 is 15.4 Å². The van der Waals surface area contributed by atoms with E-state index in [2.05, 4.69) is 33.9 Å². The molecule has 2 N–H and O–H groups in total. The minimum atomic E-state index is -0.0874. The molecular weight excluding hydrogens is 298 g/mol. The van der Waals surface area contributed by atoms with Crippen LogP contribution >= 0.6 is 11.3 Å². The van der Waals surface area contributed by atoms with E-state index in [9.17, 15) is 4.79 Å². The summed E-state index contributed by atoms with van der Waals surface area (Å²) in [6.45, 7) is 6.37. The molecule has 0 saturated carbocycles. The number of rotatable bonds is 5. The zero-order chi connectivity index (χ0) is 15.4. The maximum absolute atomic E-state index is 11.8. The molecule has 3 rings (SSSR count). The van der Waals surface area contributed by atoms with E-state index in [0.29, 0.717) is 19.1 Å². The first-order chi connectivity index (χ1) is 10.7. The van der Waals surface area contributed by atoms with Crippen molar-refractivity contribution in [2.45, 2.75) is 44.9 Å². The largest absolute Gasteiger partial charge is 0.376 e. The van der Waals surface area contributed by atoms with Crippen molar-refractivity contribution in [3.05, 3.63) is 21.9 Å². The van der Waals surface area contributed by atoms with E-state index in [1.54, 1.807) is 0 Å². The van der Waals surface area contributed by atoms with Crippen LogP contribution in [0.3, 0.4) is 0 Å². The molecule has 3 heterocycles. The molecule has 1 aromatic rings. The quantitative estimate of drug-likeness (QED) is 0.871. The molecule has 122 valence electrons. The number of carbonyl (C=O) groups excluding carboxylic acids is 1. The van der Waals surface area contributed by atoms with Gasteiger partial charge in [-0.2, -0.15) is 0 Å². The number of carbonyl (C=O) groups is 1. The molecule has 22 heavy (non-hydrogen) atoms. The zero-order valence-corrected chi connectivity index (χ0v) is 14.0. The molecule has 2 aliphatic rings. The summed E-state index contributed by atoms with van der Waals surface area (Å²) in [6, 6.07) is 2.48. The van der Waals surface area contributed by atoms with E-state index in [1.807, 2.05) is 11.3 Å². The Morgan fingerprint density at radius 3 is 3.27 bits per heavy atom. The first kappa shape index (κ1) is 15.8. The number of hydrogen-bond donors (Lipinski definition) is 2. The number of nitrogens with zero attached hydrogens (tertiary/aromatic N) is 1. The highest BCUT2D eigenvalue weighted by molar-refractivity contribution is 7.10. The van der Waals surface area contributed by atoms with Crippen molar-refractivity contribution in [3.8, 4) is 0 Å². The van der Waals surface area contributed by atoms with Gasteiger partial charge in [0.1, 0.15) is 0 Å². The summed E-state index contributed by atoms with van der Waals surface area (Å²) in [7, 11) is 0. The van der Waals surface area contributed by atoms with Crippen molar-refractivity contribution in [3.63, 3.8) is 0 Å². The van der Waals surface area contributed by atoms with Crippen molar-refractivity contribution in [2.75, 3.05) is 26.2 Å². The van der Waals surface area contributed by atoms with Gasteiger partial charge in [-0.25, -0.2) is 4.79 Å². The van der Waals surface area contributed by atoms with Crippen molar-refractivity contribution in [1.29, 1.82) is 0 Å². The summed E-state index contributed by atoms with van der Waals surface area (Å²) < 4.78 is 5.50. The standard InChI is InChI=1S/C16H25N3O2S/c1-12(19-6-4-15-13(11-19)5-8-22-15)9-17-16(20)18-10-14-3-2-7-21-14/h5,8,12,14H,2-4,6-7,9-11H2,1H3,(H2,17,18,20)/t12-,14+/m0/s1. The summed E-state index contributed by atoms with van der Waals surface area (Å²) >= 11 is 1.86. The van der Waals surface area contributed by atoms with Gasteiger partial charge in [-0.15, -0.1) is 11.3 Å². The predicted molar refractivity (Wildman–Crippen MR) is 88.3 cm³/mol. The van der Waals surface area contributed by atoms with Gasteiger partial charge in [0, 0.05) is 43.7 Å². The van der Waals surface area contributed by atoms with E-state index >= 15 is 0 Å². The molecule has 2 amide bonds. The lowest BCUT2D eigenvalue weighted by atomic mass is 10.1. The van der Waals surface area contributed by atoms with Crippen LogP contribution < -0.4 is 10.6 Å². The van der Waals surface area contributed by atoms with Gasteiger partial charge in [0.25, 0.3) is 0 Å². The molecule has 0 bridgehead atoms. The minimum absolute atomic E-state index is 0.0874.